The highest BCUT2D eigenvalue weighted by molar-refractivity contribution is 6.03. The number of ether oxygens (including phenoxy) is 1. The molecule has 2 aromatic rings. The summed E-state index contributed by atoms with van der Waals surface area (Å²) in [6.45, 7) is 0. The van der Waals surface area contributed by atoms with Gasteiger partial charge in [0.05, 0.1) is 6.42 Å². The lowest BCUT2D eigenvalue weighted by Gasteiger charge is -2.28. The Kier molecular flexibility index (Phi) is 3.37. The fraction of sp³-hybridized carbons (Fsp3) is 0.316. The molecular weight excluding hydrogens is 308 g/mol. The Morgan fingerprint density at radius 3 is 2.42 bits per heavy atom. The van der Waals surface area contributed by atoms with Crippen LogP contribution in [-0.4, -0.2) is 21.1 Å². The van der Waals surface area contributed by atoms with Crippen molar-refractivity contribution >= 4 is 5.78 Å². The van der Waals surface area contributed by atoms with E-state index >= 15 is 0 Å². The van der Waals surface area contributed by atoms with E-state index in [1.165, 1.54) is 6.07 Å². The minimum Gasteiger partial charge on any atom is -0.508 e. The molecule has 124 valence electrons. The summed E-state index contributed by atoms with van der Waals surface area (Å²) in [6.07, 6.45) is 2.46. The monoisotopic (exact) mass is 326 g/mol. The molecule has 5 nitrogen and oxygen atoms in total. The van der Waals surface area contributed by atoms with Gasteiger partial charge in [0, 0.05) is 11.6 Å². The number of aromatic hydroxyl groups is 3. The van der Waals surface area contributed by atoms with E-state index in [0.717, 1.165) is 18.4 Å². The second-order valence-corrected chi connectivity index (χ2v) is 6.57. The highest BCUT2D eigenvalue weighted by Gasteiger charge is 2.35. The first-order valence-electron chi connectivity index (χ1n) is 8.09. The Bertz CT molecular complexity index is 805. The van der Waals surface area contributed by atoms with Crippen LogP contribution in [0.1, 0.15) is 46.9 Å². The number of fused-ring (bicyclic) bond motifs is 1. The number of ketones is 1. The van der Waals surface area contributed by atoms with E-state index in [-0.39, 0.29) is 35.0 Å². The summed E-state index contributed by atoms with van der Waals surface area (Å²) in [5, 5.41) is 29.7. The minimum atomic E-state index is -0.496. The van der Waals surface area contributed by atoms with Gasteiger partial charge in [-0.2, -0.15) is 0 Å². The highest BCUT2D eigenvalue weighted by Crippen LogP contribution is 2.48. The molecule has 4 rings (SSSR count). The molecule has 0 aromatic heterocycles. The molecule has 1 heterocycles. The average Bonchev–Trinajstić information content (AvgIpc) is 3.35. The fourth-order valence-corrected chi connectivity index (χ4v) is 3.21. The Morgan fingerprint density at radius 2 is 1.75 bits per heavy atom. The molecule has 1 atom stereocenters. The summed E-state index contributed by atoms with van der Waals surface area (Å²) in [4.78, 5) is 12.6. The molecule has 1 aliphatic heterocycles. The van der Waals surface area contributed by atoms with Gasteiger partial charge in [-0.15, -0.1) is 0 Å². The van der Waals surface area contributed by atoms with Crippen LogP contribution in [0.3, 0.4) is 0 Å². The van der Waals surface area contributed by atoms with Crippen molar-refractivity contribution in [2.75, 3.05) is 0 Å². The van der Waals surface area contributed by atoms with E-state index in [0.29, 0.717) is 23.7 Å². The molecule has 2 aliphatic rings. The number of carbonyl (C=O) groups is 1. The molecule has 1 fully saturated rings. The lowest BCUT2D eigenvalue weighted by atomic mass is 9.92. The summed E-state index contributed by atoms with van der Waals surface area (Å²) in [6, 6.07) is 7.75. The predicted molar refractivity (Wildman–Crippen MR) is 86.6 cm³/mol. The van der Waals surface area contributed by atoms with Crippen LogP contribution in [-0.2, 0) is 6.42 Å². The third-order valence-electron chi connectivity index (χ3n) is 4.70. The van der Waals surface area contributed by atoms with Crippen LogP contribution in [0, 0.1) is 5.92 Å². The van der Waals surface area contributed by atoms with Crippen molar-refractivity contribution < 1.29 is 24.9 Å². The van der Waals surface area contributed by atoms with Crippen LogP contribution in [0.2, 0.25) is 0 Å². The smallest absolute Gasteiger partial charge is 0.174 e. The van der Waals surface area contributed by atoms with Gasteiger partial charge < -0.3 is 20.1 Å². The molecule has 2 aromatic carbocycles. The van der Waals surface area contributed by atoms with Crippen LogP contribution < -0.4 is 4.74 Å². The first kappa shape index (κ1) is 14.9. The topological polar surface area (TPSA) is 87.0 Å². The molecule has 5 heteroatoms. The number of hydrogen-bond donors (Lipinski definition) is 3. The van der Waals surface area contributed by atoms with Gasteiger partial charge in [0.15, 0.2) is 5.78 Å². The SMILES string of the molecule is O=C1CC(c2ccc(O)cc2)Oc2c(CC3CC3)c(O)cc(O)c21. The van der Waals surface area contributed by atoms with E-state index in [9.17, 15) is 20.1 Å². The van der Waals surface area contributed by atoms with Gasteiger partial charge in [0.25, 0.3) is 0 Å². The van der Waals surface area contributed by atoms with Crippen molar-refractivity contribution in [3.63, 3.8) is 0 Å². The standard InChI is InChI=1S/C19H18O5/c20-12-5-3-11(4-6-12)17-9-16(23)18-15(22)8-14(21)13(19(18)24-17)7-10-1-2-10/h3-6,8,10,17,20-22H,1-2,7,9H2. The molecule has 0 amide bonds. The second kappa shape index (κ2) is 5.44. The van der Waals surface area contributed by atoms with Crippen LogP contribution in [0.4, 0.5) is 0 Å². The van der Waals surface area contributed by atoms with Gasteiger partial charge in [-0.25, -0.2) is 0 Å². The van der Waals surface area contributed by atoms with Gasteiger partial charge in [-0.1, -0.05) is 12.1 Å². The van der Waals surface area contributed by atoms with Crippen LogP contribution in [0.15, 0.2) is 30.3 Å². The molecule has 0 saturated heterocycles. The van der Waals surface area contributed by atoms with Gasteiger partial charge in [0.2, 0.25) is 0 Å². The molecule has 0 spiro atoms. The summed E-state index contributed by atoms with van der Waals surface area (Å²) in [5.74, 6) is 0.467. The predicted octanol–water partition coefficient (Wildman–Crippen LogP) is 3.46. The number of rotatable bonds is 3. The zero-order valence-corrected chi connectivity index (χ0v) is 13.0. The van der Waals surface area contributed by atoms with Crippen molar-refractivity contribution in [2.45, 2.75) is 31.8 Å². The van der Waals surface area contributed by atoms with Crippen molar-refractivity contribution in [3.8, 4) is 23.0 Å². The zero-order valence-electron chi connectivity index (χ0n) is 13.0. The largest absolute Gasteiger partial charge is 0.508 e. The van der Waals surface area contributed by atoms with Crippen LogP contribution >= 0.6 is 0 Å². The average molecular weight is 326 g/mol. The van der Waals surface area contributed by atoms with Crippen LogP contribution in [0.25, 0.3) is 0 Å². The highest BCUT2D eigenvalue weighted by atomic mass is 16.5. The van der Waals surface area contributed by atoms with Gasteiger partial charge >= 0.3 is 0 Å². The second-order valence-electron chi connectivity index (χ2n) is 6.57. The molecule has 0 radical (unpaired) electrons. The van der Waals surface area contributed by atoms with E-state index in [2.05, 4.69) is 0 Å². The normalized spacial score (nSPS) is 19.7. The summed E-state index contributed by atoms with van der Waals surface area (Å²) >= 11 is 0. The summed E-state index contributed by atoms with van der Waals surface area (Å²) in [7, 11) is 0. The molecule has 3 N–H and O–H groups in total. The van der Waals surface area contributed by atoms with E-state index in [1.807, 2.05) is 0 Å². The maximum atomic E-state index is 12.6. The van der Waals surface area contributed by atoms with Crippen molar-refractivity contribution in [3.05, 3.63) is 47.0 Å². The number of phenols is 3. The zero-order chi connectivity index (χ0) is 16.8. The third kappa shape index (κ3) is 2.56. The fourth-order valence-electron chi connectivity index (χ4n) is 3.21. The third-order valence-corrected chi connectivity index (χ3v) is 4.70. The first-order valence-corrected chi connectivity index (χ1v) is 8.09. The van der Waals surface area contributed by atoms with E-state index in [1.54, 1.807) is 24.3 Å². The quantitative estimate of drug-likeness (QED) is 0.804. The molecular formula is C19H18O5. The Hall–Kier alpha value is -2.69. The Balaban J connectivity index is 1.76. The van der Waals surface area contributed by atoms with Crippen molar-refractivity contribution in [1.29, 1.82) is 0 Å². The molecule has 0 bridgehead atoms. The van der Waals surface area contributed by atoms with E-state index in [4.69, 9.17) is 4.74 Å². The molecule has 1 unspecified atom stereocenters. The Morgan fingerprint density at radius 1 is 1.04 bits per heavy atom. The minimum absolute atomic E-state index is 0.0303. The number of phenolic OH excluding ortho intramolecular Hbond substituents is 3. The lowest BCUT2D eigenvalue weighted by Crippen LogP contribution is -2.21. The number of benzene rings is 2. The number of carbonyl (C=O) groups excluding carboxylic acids is 1. The van der Waals surface area contributed by atoms with Crippen LogP contribution in [0.5, 0.6) is 23.0 Å². The molecule has 24 heavy (non-hydrogen) atoms. The lowest BCUT2D eigenvalue weighted by molar-refractivity contribution is 0.0842. The van der Waals surface area contributed by atoms with Gasteiger partial charge in [-0.05, 0) is 42.9 Å². The Labute approximate surface area is 139 Å². The van der Waals surface area contributed by atoms with Crippen molar-refractivity contribution in [1.82, 2.24) is 0 Å². The molecule has 1 aliphatic carbocycles. The van der Waals surface area contributed by atoms with Gasteiger partial charge in [0.1, 0.15) is 34.7 Å². The van der Waals surface area contributed by atoms with Gasteiger partial charge in [-0.3, -0.25) is 4.79 Å². The molecule has 1 saturated carbocycles. The number of Topliss-reactive ketones (excluding diaryl/α,β-unsaturated/α-hetero) is 1. The summed E-state index contributed by atoms with van der Waals surface area (Å²) in [5.41, 5.74) is 1.53. The van der Waals surface area contributed by atoms with Crippen molar-refractivity contribution in [2.24, 2.45) is 5.92 Å². The summed E-state index contributed by atoms with van der Waals surface area (Å²) < 4.78 is 6.03. The number of hydrogen-bond acceptors (Lipinski definition) is 5. The van der Waals surface area contributed by atoms with E-state index < -0.39 is 6.10 Å². The maximum Gasteiger partial charge on any atom is 0.174 e. The maximum absolute atomic E-state index is 12.6. The first-order chi connectivity index (χ1) is 11.5.